The average Bonchev–Trinajstić information content (AvgIpc) is 2.82. The van der Waals surface area contributed by atoms with E-state index >= 15 is 0 Å². The Morgan fingerprint density at radius 1 is 1.03 bits per heavy atom. The second kappa shape index (κ2) is 10.7. The first-order valence-electron chi connectivity index (χ1n) is 10.9. The number of amides is 2. The van der Waals surface area contributed by atoms with E-state index in [1.165, 1.54) is 0 Å². The molecule has 0 aliphatic heterocycles. The minimum atomic E-state index is -0.759. The number of carbonyl (C=O) groups excluding carboxylic acids is 2. The molecule has 7 nitrogen and oxygen atoms in total. The van der Waals surface area contributed by atoms with E-state index in [0.29, 0.717) is 12.2 Å². The first-order valence-corrected chi connectivity index (χ1v) is 10.9. The van der Waals surface area contributed by atoms with E-state index in [-0.39, 0.29) is 24.3 Å². The van der Waals surface area contributed by atoms with Gasteiger partial charge in [0.05, 0.1) is 6.04 Å². The summed E-state index contributed by atoms with van der Waals surface area (Å²) in [4.78, 5) is 29.9. The molecule has 0 aliphatic rings. The van der Waals surface area contributed by atoms with Gasteiger partial charge >= 0.3 is 0 Å². The number of rotatable bonds is 9. The van der Waals surface area contributed by atoms with Crippen LogP contribution in [-0.4, -0.2) is 28.9 Å². The summed E-state index contributed by atoms with van der Waals surface area (Å²) in [5.74, 6) is -0.175. The lowest BCUT2D eigenvalue weighted by Gasteiger charge is -2.23. The van der Waals surface area contributed by atoms with Gasteiger partial charge in [0.25, 0.3) is 0 Å². The SMILES string of the molecule is CCC(C)[C@H](N)C(=O)N[C@H](Cc1cccc2ccccc12)C(=O)NCc1ccc(N)nc1. The van der Waals surface area contributed by atoms with Gasteiger partial charge in [-0.1, -0.05) is 68.8 Å². The molecule has 2 aromatic carbocycles. The van der Waals surface area contributed by atoms with Crippen LogP contribution in [0.25, 0.3) is 10.8 Å². The highest BCUT2D eigenvalue weighted by atomic mass is 16.2. The molecule has 1 aromatic heterocycles. The lowest BCUT2D eigenvalue weighted by atomic mass is 9.96. The van der Waals surface area contributed by atoms with Crippen molar-refractivity contribution >= 4 is 28.4 Å². The number of hydrogen-bond donors (Lipinski definition) is 4. The van der Waals surface area contributed by atoms with E-state index in [1.54, 1.807) is 18.3 Å². The number of anilines is 1. The predicted octanol–water partition coefficient (Wildman–Crippen LogP) is 2.53. The zero-order chi connectivity index (χ0) is 23.1. The average molecular weight is 434 g/mol. The molecule has 168 valence electrons. The number of nitrogens with zero attached hydrogens (tertiary/aromatic N) is 1. The lowest BCUT2D eigenvalue weighted by molar-refractivity contribution is -0.130. The van der Waals surface area contributed by atoms with Crippen LogP contribution >= 0.6 is 0 Å². The minimum absolute atomic E-state index is 0.0112. The highest BCUT2D eigenvalue weighted by molar-refractivity contribution is 5.91. The first kappa shape index (κ1) is 23.2. The minimum Gasteiger partial charge on any atom is -0.384 e. The molecule has 3 atom stereocenters. The maximum absolute atomic E-state index is 13.1. The fourth-order valence-electron chi connectivity index (χ4n) is 3.53. The van der Waals surface area contributed by atoms with Gasteiger partial charge in [-0.2, -0.15) is 0 Å². The Labute approximate surface area is 188 Å². The van der Waals surface area contributed by atoms with Gasteiger partial charge in [0.2, 0.25) is 11.8 Å². The molecule has 32 heavy (non-hydrogen) atoms. The van der Waals surface area contributed by atoms with E-state index in [9.17, 15) is 9.59 Å². The Morgan fingerprint density at radius 3 is 2.50 bits per heavy atom. The lowest BCUT2D eigenvalue weighted by Crippen LogP contribution is -2.53. The van der Waals surface area contributed by atoms with Gasteiger partial charge in [0.1, 0.15) is 11.9 Å². The van der Waals surface area contributed by atoms with Crippen molar-refractivity contribution in [1.29, 1.82) is 0 Å². The highest BCUT2D eigenvalue weighted by Gasteiger charge is 2.26. The van der Waals surface area contributed by atoms with Gasteiger partial charge in [-0.05, 0) is 33.9 Å². The largest absolute Gasteiger partial charge is 0.384 e. The van der Waals surface area contributed by atoms with Crippen molar-refractivity contribution in [2.45, 2.75) is 45.3 Å². The van der Waals surface area contributed by atoms with Gasteiger partial charge < -0.3 is 22.1 Å². The summed E-state index contributed by atoms with van der Waals surface area (Å²) in [5.41, 5.74) is 13.5. The monoisotopic (exact) mass is 433 g/mol. The molecule has 0 saturated carbocycles. The molecular formula is C25H31N5O2. The number of aromatic nitrogens is 1. The van der Waals surface area contributed by atoms with Crippen LogP contribution in [0.5, 0.6) is 0 Å². The molecule has 0 fully saturated rings. The van der Waals surface area contributed by atoms with E-state index < -0.39 is 12.1 Å². The van der Waals surface area contributed by atoms with Crippen LogP contribution in [0, 0.1) is 5.92 Å². The summed E-state index contributed by atoms with van der Waals surface area (Å²) in [6.07, 6.45) is 2.75. The van der Waals surface area contributed by atoms with Crippen LogP contribution in [0.4, 0.5) is 5.82 Å². The Kier molecular flexibility index (Phi) is 7.78. The van der Waals surface area contributed by atoms with Crippen LogP contribution in [-0.2, 0) is 22.6 Å². The number of carbonyl (C=O) groups is 2. The van der Waals surface area contributed by atoms with Crippen LogP contribution in [0.2, 0.25) is 0 Å². The molecule has 6 N–H and O–H groups in total. The number of fused-ring (bicyclic) bond motifs is 1. The number of hydrogen-bond acceptors (Lipinski definition) is 5. The Hall–Kier alpha value is -3.45. The number of pyridine rings is 1. The van der Waals surface area contributed by atoms with Crippen molar-refractivity contribution in [3.63, 3.8) is 0 Å². The molecular weight excluding hydrogens is 402 g/mol. The summed E-state index contributed by atoms with van der Waals surface area (Å²) in [5, 5.41) is 7.91. The first-order chi connectivity index (χ1) is 15.4. The van der Waals surface area contributed by atoms with Crippen molar-refractivity contribution in [2.75, 3.05) is 5.73 Å². The third-order valence-corrected chi connectivity index (χ3v) is 5.81. The Bertz CT molecular complexity index is 1060. The second-order valence-electron chi connectivity index (χ2n) is 8.12. The standard InChI is InChI=1S/C25H31N5O2/c1-3-16(2)23(27)25(32)30-21(24(31)29-15-17-11-12-22(26)28-14-17)13-19-9-6-8-18-7-4-5-10-20(18)19/h4-12,14,16,21,23H,3,13,15,27H2,1-2H3,(H2,26,28)(H,29,31)(H,30,32)/t16?,21-,23+/m1/s1. The normalized spacial score (nSPS) is 13.8. The summed E-state index contributed by atoms with van der Waals surface area (Å²) in [6, 6.07) is 16.0. The molecule has 1 heterocycles. The molecule has 2 amide bonds. The molecule has 3 rings (SSSR count). The smallest absolute Gasteiger partial charge is 0.243 e. The summed E-state index contributed by atoms with van der Waals surface area (Å²) < 4.78 is 0. The maximum Gasteiger partial charge on any atom is 0.243 e. The van der Waals surface area contributed by atoms with Crippen molar-refractivity contribution < 1.29 is 9.59 Å². The predicted molar refractivity (Wildman–Crippen MR) is 128 cm³/mol. The summed E-state index contributed by atoms with van der Waals surface area (Å²) in [6.45, 7) is 4.20. The van der Waals surface area contributed by atoms with Gasteiger partial charge in [-0.15, -0.1) is 0 Å². The van der Waals surface area contributed by atoms with Crippen LogP contribution in [0.1, 0.15) is 31.4 Å². The van der Waals surface area contributed by atoms with Gasteiger partial charge in [0.15, 0.2) is 0 Å². The van der Waals surface area contributed by atoms with E-state index in [4.69, 9.17) is 11.5 Å². The van der Waals surface area contributed by atoms with Crippen molar-refractivity contribution in [2.24, 2.45) is 11.7 Å². The zero-order valence-corrected chi connectivity index (χ0v) is 18.5. The second-order valence-corrected chi connectivity index (χ2v) is 8.12. The number of nitrogens with one attached hydrogen (secondary N) is 2. The fourth-order valence-corrected chi connectivity index (χ4v) is 3.53. The van der Waals surface area contributed by atoms with Crippen molar-refractivity contribution in [3.05, 3.63) is 71.9 Å². The number of nitrogen functional groups attached to an aromatic ring is 1. The molecule has 0 spiro atoms. The summed E-state index contributed by atoms with van der Waals surface area (Å²) >= 11 is 0. The molecule has 0 saturated heterocycles. The fraction of sp³-hybridized carbons (Fsp3) is 0.320. The van der Waals surface area contributed by atoms with Crippen LogP contribution < -0.4 is 22.1 Å². The van der Waals surface area contributed by atoms with Gasteiger partial charge in [-0.3, -0.25) is 9.59 Å². The quantitative estimate of drug-likeness (QED) is 0.413. The third-order valence-electron chi connectivity index (χ3n) is 5.81. The Morgan fingerprint density at radius 2 is 1.78 bits per heavy atom. The molecule has 0 bridgehead atoms. The molecule has 1 unspecified atom stereocenters. The van der Waals surface area contributed by atoms with E-state index in [1.807, 2.05) is 56.3 Å². The van der Waals surface area contributed by atoms with Gasteiger partial charge in [0, 0.05) is 19.2 Å². The van der Waals surface area contributed by atoms with Crippen molar-refractivity contribution in [1.82, 2.24) is 15.6 Å². The maximum atomic E-state index is 13.1. The van der Waals surface area contributed by atoms with Crippen molar-refractivity contribution in [3.8, 4) is 0 Å². The molecule has 0 aliphatic carbocycles. The molecule has 7 heteroatoms. The van der Waals surface area contributed by atoms with Crippen LogP contribution in [0.15, 0.2) is 60.8 Å². The Balaban J connectivity index is 1.80. The van der Waals surface area contributed by atoms with E-state index in [2.05, 4.69) is 15.6 Å². The topological polar surface area (TPSA) is 123 Å². The zero-order valence-electron chi connectivity index (χ0n) is 18.5. The van der Waals surface area contributed by atoms with Gasteiger partial charge in [-0.25, -0.2) is 4.98 Å². The van der Waals surface area contributed by atoms with E-state index in [0.717, 1.165) is 28.3 Å². The molecule has 0 radical (unpaired) electrons. The third kappa shape index (κ3) is 5.82. The number of benzene rings is 2. The molecule has 3 aromatic rings. The number of nitrogens with two attached hydrogens (primary N) is 2. The highest BCUT2D eigenvalue weighted by Crippen LogP contribution is 2.20. The summed E-state index contributed by atoms with van der Waals surface area (Å²) in [7, 11) is 0. The van der Waals surface area contributed by atoms with Crippen LogP contribution in [0.3, 0.4) is 0 Å².